The minimum Gasteiger partial charge on any atom is -0.353 e. The molecule has 126 valence electrons. The van der Waals surface area contributed by atoms with Crippen molar-refractivity contribution in [3.63, 3.8) is 0 Å². The Morgan fingerprint density at radius 2 is 2.30 bits per heavy atom. The molecule has 2 saturated carbocycles. The lowest BCUT2D eigenvalue weighted by Gasteiger charge is -2.28. The van der Waals surface area contributed by atoms with E-state index in [2.05, 4.69) is 17.3 Å². The van der Waals surface area contributed by atoms with Gasteiger partial charge in [0.05, 0.1) is 11.5 Å². The van der Waals surface area contributed by atoms with E-state index in [0.29, 0.717) is 24.6 Å². The van der Waals surface area contributed by atoms with Crippen molar-refractivity contribution in [1.29, 1.82) is 0 Å². The predicted octanol–water partition coefficient (Wildman–Crippen LogP) is 2.43. The fourth-order valence-electron chi connectivity index (χ4n) is 4.39. The van der Waals surface area contributed by atoms with Crippen molar-refractivity contribution in [2.75, 3.05) is 0 Å². The second-order valence-electron chi connectivity index (χ2n) is 7.04. The van der Waals surface area contributed by atoms with Crippen LogP contribution in [-0.2, 0) is 11.3 Å². The first-order chi connectivity index (χ1) is 11.0. The van der Waals surface area contributed by atoms with Gasteiger partial charge in [-0.1, -0.05) is 6.42 Å². The van der Waals surface area contributed by atoms with E-state index in [-0.39, 0.29) is 17.6 Å². The number of aryl methyl sites for hydroxylation is 1. The van der Waals surface area contributed by atoms with E-state index in [0.717, 1.165) is 11.8 Å². The van der Waals surface area contributed by atoms with Crippen LogP contribution in [0, 0.1) is 34.8 Å². The van der Waals surface area contributed by atoms with Crippen molar-refractivity contribution in [3.05, 3.63) is 22.0 Å². The molecule has 0 aliphatic heterocycles. The topological polar surface area (TPSA) is 90.1 Å². The maximum absolute atomic E-state index is 12.2. The molecular weight excluding hydrogens is 296 g/mol. The first kappa shape index (κ1) is 16.0. The molecule has 1 N–H and O–H groups in total. The Hall–Kier alpha value is -1.92. The lowest BCUT2D eigenvalue weighted by molar-refractivity contribution is -0.385. The molecule has 3 rings (SSSR count). The van der Waals surface area contributed by atoms with Crippen molar-refractivity contribution in [2.24, 2.45) is 17.8 Å². The molecule has 0 aromatic carbocycles. The van der Waals surface area contributed by atoms with E-state index in [4.69, 9.17) is 0 Å². The third-order valence-corrected chi connectivity index (χ3v) is 5.65. The molecule has 2 bridgehead atoms. The fraction of sp³-hybridized carbons (Fsp3) is 0.750. The second kappa shape index (κ2) is 6.29. The average molecular weight is 320 g/mol. The van der Waals surface area contributed by atoms with E-state index in [1.807, 2.05) is 0 Å². The van der Waals surface area contributed by atoms with Crippen LogP contribution < -0.4 is 5.32 Å². The van der Waals surface area contributed by atoms with Crippen LogP contribution in [0.15, 0.2) is 6.20 Å². The van der Waals surface area contributed by atoms with Gasteiger partial charge in [-0.15, -0.1) is 0 Å². The first-order valence-electron chi connectivity index (χ1n) is 8.42. The SMILES string of the molecule is Cc1c([N+](=O)[O-])cnn1CCC(=O)N[C@@H](C)[C@H]1C[C@@H]2CC[C@@H]1C2. The third-order valence-electron chi connectivity index (χ3n) is 5.65. The summed E-state index contributed by atoms with van der Waals surface area (Å²) in [4.78, 5) is 22.5. The highest BCUT2D eigenvalue weighted by Crippen LogP contribution is 2.49. The van der Waals surface area contributed by atoms with Gasteiger partial charge in [0, 0.05) is 12.5 Å². The maximum Gasteiger partial charge on any atom is 0.309 e. The van der Waals surface area contributed by atoms with Gasteiger partial charge in [-0.2, -0.15) is 5.10 Å². The van der Waals surface area contributed by atoms with E-state index >= 15 is 0 Å². The highest BCUT2D eigenvalue weighted by Gasteiger charge is 2.42. The van der Waals surface area contributed by atoms with Crippen molar-refractivity contribution in [2.45, 2.75) is 58.5 Å². The number of nitro groups is 1. The first-order valence-corrected chi connectivity index (χ1v) is 8.42. The van der Waals surface area contributed by atoms with Crippen LogP contribution in [0.5, 0.6) is 0 Å². The van der Waals surface area contributed by atoms with Crippen molar-refractivity contribution >= 4 is 11.6 Å². The third kappa shape index (κ3) is 3.23. The molecule has 7 nitrogen and oxygen atoms in total. The monoisotopic (exact) mass is 320 g/mol. The molecule has 1 heterocycles. The summed E-state index contributed by atoms with van der Waals surface area (Å²) in [7, 11) is 0. The molecule has 4 atom stereocenters. The maximum atomic E-state index is 12.2. The molecule has 1 aromatic heterocycles. The molecule has 1 aromatic rings. The van der Waals surface area contributed by atoms with Gasteiger partial charge in [0.2, 0.25) is 5.91 Å². The number of carbonyl (C=O) groups is 1. The van der Waals surface area contributed by atoms with Crippen molar-refractivity contribution < 1.29 is 9.72 Å². The van der Waals surface area contributed by atoms with Crippen molar-refractivity contribution in [3.8, 4) is 0 Å². The summed E-state index contributed by atoms with van der Waals surface area (Å²) in [5.74, 6) is 2.27. The van der Waals surface area contributed by atoms with E-state index in [1.54, 1.807) is 6.92 Å². The minimum absolute atomic E-state index is 0.000701. The number of carbonyl (C=O) groups excluding carboxylic acids is 1. The predicted molar refractivity (Wildman–Crippen MR) is 84.8 cm³/mol. The van der Waals surface area contributed by atoms with E-state index in [9.17, 15) is 14.9 Å². The fourth-order valence-corrected chi connectivity index (χ4v) is 4.39. The smallest absolute Gasteiger partial charge is 0.309 e. The Kier molecular flexibility index (Phi) is 4.37. The molecule has 0 spiro atoms. The lowest BCUT2D eigenvalue weighted by Crippen LogP contribution is -2.40. The Morgan fingerprint density at radius 3 is 2.87 bits per heavy atom. The summed E-state index contributed by atoms with van der Waals surface area (Å²) in [5, 5.41) is 17.9. The van der Waals surface area contributed by atoms with Crippen LogP contribution in [0.4, 0.5) is 5.69 Å². The minimum atomic E-state index is -0.448. The largest absolute Gasteiger partial charge is 0.353 e. The number of aromatic nitrogens is 2. The quantitative estimate of drug-likeness (QED) is 0.644. The summed E-state index contributed by atoms with van der Waals surface area (Å²) < 4.78 is 1.53. The zero-order chi connectivity index (χ0) is 16.6. The Labute approximate surface area is 135 Å². The number of nitrogens with one attached hydrogen (secondary N) is 1. The van der Waals surface area contributed by atoms with Crippen LogP contribution in [0.2, 0.25) is 0 Å². The Balaban J connectivity index is 1.49. The molecule has 1 amide bonds. The normalized spacial score (nSPS) is 27.1. The van der Waals surface area contributed by atoms with Crippen LogP contribution in [0.3, 0.4) is 0 Å². The van der Waals surface area contributed by atoms with Gasteiger partial charge in [0.25, 0.3) is 0 Å². The zero-order valence-corrected chi connectivity index (χ0v) is 13.7. The van der Waals surface area contributed by atoms with Gasteiger partial charge in [0.1, 0.15) is 11.9 Å². The lowest BCUT2D eigenvalue weighted by atomic mass is 9.84. The van der Waals surface area contributed by atoms with Gasteiger partial charge in [-0.3, -0.25) is 19.6 Å². The molecule has 2 aliphatic rings. The van der Waals surface area contributed by atoms with E-state index in [1.165, 1.54) is 36.6 Å². The van der Waals surface area contributed by atoms with Crippen LogP contribution >= 0.6 is 0 Å². The molecule has 0 unspecified atom stereocenters. The Morgan fingerprint density at radius 1 is 1.52 bits per heavy atom. The summed E-state index contributed by atoms with van der Waals surface area (Å²) >= 11 is 0. The number of fused-ring (bicyclic) bond motifs is 2. The van der Waals surface area contributed by atoms with E-state index < -0.39 is 4.92 Å². The molecule has 2 fully saturated rings. The number of amides is 1. The number of nitrogens with zero attached hydrogens (tertiary/aromatic N) is 3. The van der Waals surface area contributed by atoms with Gasteiger partial charge in [0.15, 0.2) is 0 Å². The Bertz CT molecular complexity index is 612. The standard InChI is InChI=1S/C16H24N4O3/c1-10(14-8-12-3-4-13(14)7-12)18-16(21)5-6-19-11(2)15(9-17-19)20(22)23/h9-10,12-14H,3-8H2,1-2H3,(H,18,21)/t10-,12+,13+,14+/m0/s1. The number of rotatable bonds is 6. The van der Waals surface area contributed by atoms with Crippen LogP contribution in [0.1, 0.15) is 44.7 Å². The highest BCUT2D eigenvalue weighted by atomic mass is 16.6. The highest BCUT2D eigenvalue weighted by molar-refractivity contribution is 5.76. The van der Waals surface area contributed by atoms with Crippen molar-refractivity contribution in [1.82, 2.24) is 15.1 Å². The van der Waals surface area contributed by atoms with Gasteiger partial charge in [-0.05, 0) is 50.9 Å². The average Bonchev–Trinajstić information content (AvgIpc) is 3.20. The summed E-state index contributed by atoms with van der Waals surface area (Å²) in [5.41, 5.74) is 0.490. The summed E-state index contributed by atoms with van der Waals surface area (Å²) in [6.45, 7) is 4.13. The number of hydrogen-bond acceptors (Lipinski definition) is 4. The van der Waals surface area contributed by atoms with Crippen LogP contribution in [0.25, 0.3) is 0 Å². The molecule has 0 saturated heterocycles. The molecule has 23 heavy (non-hydrogen) atoms. The van der Waals surface area contributed by atoms with Crippen LogP contribution in [-0.4, -0.2) is 26.7 Å². The molecule has 0 radical (unpaired) electrons. The number of hydrogen-bond donors (Lipinski definition) is 1. The summed E-state index contributed by atoms with van der Waals surface area (Å²) in [6, 6.07) is 0.214. The molecule has 7 heteroatoms. The zero-order valence-electron chi connectivity index (χ0n) is 13.7. The summed E-state index contributed by atoms with van der Waals surface area (Å²) in [6.07, 6.45) is 6.79. The molecule has 2 aliphatic carbocycles. The van der Waals surface area contributed by atoms with Gasteiger partial charge >= 0.3 is 5.69 Å². The van der Waals surface area contributed by atoms with Gasteiger partial charge < -0.3 is 5.32 Å². The molecular formula is C16H24N4O3. The second-order valence-corrected chi connectivity index (χ2v) is 7.04. The van der Waals surface area contributed by atoms with Gasteiger partial charge in [-0.25, -0.2) is 0 Å².